The Morgan fingerprint density at radius 2 is 2.15 bits per heavy atom. The largest absolute Gasteiger partial charge is 0.281 e. The molecule has 1 aromatic heterocycles. The van der Waals surface area contributed by atoms with E-state index < -0.39 is 10.0 Å². The van der Waals surface area contributed by atoms with E-state index in [1.165, 1.54) is 0 Å². The van der Waals surface area contributed by atoms with Crippen LogP contribution in [0.2, 0.25) is 0 Å². The number of rotatable bonds is 4. The number of H-pyrrole nitrogens is 1. The quantitative estimate of drug-likeness (QED) is 0.868. The van der Waals surface area contributed by atoms with Gasteiger partial charge in [0.1, 0.15) is 4.90 Å². The van der Waals surface area contributed by atoms with Crippen LogP contribution in [0.1, 0.15) is 44.0 Å². The summed E-state index contributed by atoms with van der Waals surface area (Å²) in [4.78, 5) is 0.266. The van der Waals surface area contributed by atoms with Crippen molar-refractivity contribution in [1.29, 1.82) is 0 Å². The van der Waals surface area contributed by atoms with Crippen LogP contribution in [0.25, 0.3) is 0 Å². The van der Waals surface area contributed by atoms with Gasteiger partial charge >= 0.3 is 0 Å². The molecule has 1 aromatic rings. The van der Waals surface area contributed by atoms with E-state index >= 15 is 0 Å². The standard InChI is InChI=1S/C13H22ClN3O2S/c1-3-11-5-4-7-17(8-6-11)20(18,19)13-10(2)15-16-12(13)9-14/h11H,3-9H2,1-2H3,(H,15,16). The molecule has 1 aliphatic rings. The molecule has 0 amide bonds. The Morgan fingerprint density at radius 3 is 2.80 bits per heavy atom. The van der Waals surface area contributed by atoms with Gasteiger partial charge in [-0.1, -0.05) is 13.3 Å². The topological polar surface area (TPSA) is 66.1 Å². The fraction of sp³-hybridized carbons (Fsp3) is 0.769. The second-order valence-electron chi connectivity index (χ2n) is 5.37. The molecule has 7 heteroatoms. The average Bonchev–Trinajstić information content (AvgIpc) is 2.65. The molecule has 0 bridgehead atoms. The van der Waals surface area contributed by atoms with Crippen LogP contribution in [0.5, 0.6) is 0 Å². The molecular weight excluding hydrogens is 298 g/mol. The lowest BCUT2D eigenvalue weighted by Gasteiger charge is -2.20. The summed E-state index contributed by atoms with van der Waals surface area (Å²) < 4.78 is 27.2. The molecule has 0 saturated carbocycles. The summed E-state index contributed by atoms with van der Waals surface area (Å²) in [6, 6.07) is 0. The molecule has 2 heterocycles. The summed E-state index contributed by atoms with van der Waals surface area (Å²) in [7, 11) is -3.49. The number of aryl methyl sites for hydroxylation is 1. The summed E-state index contributed by atoms with van der Waals surface area (Å²) in [6.45, 7) is 5.07. The Labute approximate surface area is 125 Å². The number of hydrogen-bond donors (Lipinski definition) is 1. The van der Waals surface area contributed by atoms with Crippen LogP contribution in [-0.2, 0) is 15.9 Å². The molecule has 1 N–H and O–H groups in total. The van der Waals surface area contributed by atoms with Crippen LogP contribution >= 0.6 is 11.6 Å². The highest BCUT2D eigenvalue weighted by atomic mass is 35.5. The highest BCUT2D eigenvalue weighted by molar-refractivity contribution is 7.89. The Morgan fingerprint density at radius 1 is 1.40 bits per heavy atom. The van der Waals surface area contributed by atoms with Gasteiger partial charge in [0, 0.05) is 13.1 Å². The molecule has 2 rings (SSSR count). The third-order valence-corrected chi connectivity index (χ3v) is 6.43. The summed E-state index contributed by atoms with van der Waals surface area (Å²) >= 11 is 5.80. The number of alkyl halides is 1. The van der Waals surface area contributed by atoms with Gasteiger partial charge in [-0.3, -0.25) is 5.10 Å². The van der Waals surface area contributed by atoms with Crippen molar-refractivity contribution < 1.29 is 8.42 Å². The van der Waals surface area contributed by atoms with E-state index in [4.69, 9.17) is 11.6 Å². The van der Waals surface area contributed by atoms with Crippen LogP contribution in [-0.4, -0.2) is 36.0 Å². The predicted octanol–water partition coefficient (Wildman–Crippen LogP) is 2.66. The van der Waals surface area contributed by atoms with Gasteiger partial charge in [0.15, 0.2) is 0 Å². The van der Waals surface area contributed by atoms with Gasteiger partial charge in [-0.15, -0.1) is 11.6 Å². The summed E-state index contributed by atoms with van der Waals surface area (Å²) in [5.74, 6) is 0.734. The predicted molar refractivity (Wildman–Crippen MR) is 79.3 cm³/mol. The minimum Gasteiger partial charge on any atom is -0.281 e. The van der Waals surface area contributed by atoms with Crippen LogP contribution < -0.4 is 0 Å². The number of hydrogen-bond acceptors (Lipinski definition) is 3. The van der Waals surface area contributed by atoms with E-state index in [-0.39, 0.29) is 10.8 Å². The minimum atomic E-state index is -3.49. The van der Waals surface area contributed by atoms with Crippen molar-refractivity contribution in [2.75, 3.05) is 13.1 Å². The first-order valence-electron chi connectivity index (χ1n) is 7.10. The lowest BCUT2D eigenvalue weighted by Crippen LogP contribution is -2.32. The maximum Gasteiger partial charge on any atom is 0.246 e. The van der Waals surface area contributed by atoms with Crippen LogP contribution in [0.4, 0.5) is 0 Å². The maximum atomic E-state index is 12.8. The number of aromatic nitrogens is 2. The number of nitrogens with zero attached hydrogens (tertiary/aromatic N) is 2. The molecular formula is C13H22ClN3O2S. The van der Waals surface area contributed by atoms with E-state index in [0.29, 0.717) is 30.4 Å². The number of aromatic amines is 1. The van der Waals surface area contributed by atoms with Gasteiger partial charge in [0.25, 0.3) is 0 Å². The molecule has 1 unspecified atom stereocenters. The van der Waals surface area contributed by atoms with Crippen molar-refractivity contribution >= 4 is 21.6 Å². The van der Waals surface area contributed by atoms with Gasteiger partial charge in [0.05, 0.1) is 17.3 Å². The second-order valence-corrected chi connectivity index (χ2v) is 7.51. The molecule has 1 atom stereocenters. The van der Waals surface area contributed by atoms with Gasteiger partial charge < -0.3 is 0 Å². The third-order valence-electron chi connectivity index (χ3n) is 4.07. The molecule has 114 valence electrons. The Balaban J connectivity index is 2.28. The van der Waals surface area contributed by atoms with Crippen molar-refractivity contribution in [2.45, 2.75) is 50.3 Å². The number of nitrogens with one attached hydrogen (secondary N) is 1. The zero-order valence-corrected chi connectivity index (χ0v) is 13.6. The van der Waals surface area contributed by atoms with Crippen molar-refractivity contribution in [3.05, 3.63) is 11.4 Å². The smallest absolute Gasteiger partial charge is 0.246 e. The van der Waals surface area contributed by atoms with E-state index in [1.807, 2.05) is 0 Å². The SMILES string of the molecule is CCC1CCCN(S(=O)(=O)c2c(CCl)n[nH]c2C)CC1. The third kappa shape index (κ3) is 3.02. The van der Waals surface area contributed by atoms with E-state index in [9.17, 15) is 8.42 Å². The molecule has 0 aliphatic carbocycles. The lowest BCUT2D eigenvalue weighted by molar-refractivity contribution is 0.407. The fourth-order valence-electron chi connectivity index (χ4n) is 2.82. The monoisotopic (exact) mass is 319 g/mol. The molecule has 1 aliphatic heterocycles. The molecule has 0 spiro atoms. The van der Waals surface area contributed by atoms with E-state index in [2.05, 4.69) is 17.1 Å². The first-order valence-corrected chi connectivity index (χ1v) is 9.08. The van der Waals surface area contributed by atoms with Gasteiger partial charge in [-0.05, 0) is 32.1 Å². The van der Waals surface area contributed by atoms with E-state index in [0.717, 1.165) is 25.7 Å². The molecule has 20 heavy (non-hydrogen) atoms. The zero-order chi connectivity index (χ0) is 14.8. The van der Waals surface area contributed by atoms with Crippen molar-refractivity contribution in [1.82, 2.24) is 14.5 Å². The Kier molecular flexibility index (Phi) is 5.09. The Bertz CT molecular complexity index is 556. The zero-order valence-electron chi connectivity index (χ0n) is 12.0. The van der Waals surface area contributed by atoms with Crippen LogP contribution in [0.3, 0.4) is 0 Å². The molecule has 1 fully saturated rings. The van der Waals surface area contributed by atoms with Gasteiger partial charge in [-0.25, -0.2) is 8.42 Å². The average molecular weight is 320 g/mol. The lowest BCUT2D eigenvalue weighted by atomic mass is 9.98. The minimum absolute atomic E-state index is 0.102. The second kappa shape index (κ2) is 6.45. The highest BCUT2D eigenvalue weighted by Gasteiger charge is 2.31. The first-order chi connectivity index (χ1) is 9.50. The maximum absolute atomic E-state index is 12.8. The first kappa shape index (κ1) is 15.8. The summed E-state index contributed by atoms with van der Waals surface area (Å²) in [5.41, 5.74) is 0.984. The molecule has 0 aromatic carbocycles. The molecule has 1 saturated heterocycles. The summed E-state index contributed by atoms with van der Waals surface area (Å²) in [5, 5.41) is 6.72. The molecule has 5 nitrogen and oxygen atoms in total. The number of halogens is 1. The Hall–Kier alpha value is -0.590. The summed E-state index contributed by atoms with van der Waals surface area (Å²) in [6.07, 6.45) is 4.08. The van der Waals surface area contributed by atoms with Gasteiger partial charge in [-0.2, -0.15) is 9.40 Å². The van der Waals surface area contributed by atoms with Crippen LogP contribution in [0.15, 0.2) is 4.90 Å². The van der Waals surface area contributed by atoms with Crippen LogP contribution in [0, 0.1) is 12.8 Å². The van der Waals surface area contributed by atoms with E-state index in [1.54, 1.807) is 11.2 Å². The number of sulfonamides is 1. The highest BCUT2D eigenvalue weighted by Crippen LogP contribution is 2.27. The molecule has 0 radical (unpaired) electrons. The van der Waals surface area contributed by atoms with Crippen molar-refractivity contribution in [2.24, 2.45) is 5.92 Å². The van der Waals surface area contributed by atoms with Crippen molar-refractivity contribution in [3.8, 4) is 0 Å². The van der Waals surface area contributed by atoms with Crippen molar-refractivity contribution in [3.63, 3.8) is 0 Å². The normalized spacial score (nSPS) is 21.9. The fourth-order valence-corrected chi connectivity index (χ4v) is 4.91. The van der Waals surface area contributed by atoms with Gasteiger partial charge in [0.2, 0.25) is 10.0 Å².